The molecule has 1 saturated carbocycles. The normalized spacial score (nSPS) is 15.3. The van der Waals surface area contributed by atoms with Gasteiger partial charge < -0.3 is 20.3 Å². The lowest BCUT2D eigenvalue weighted by Gasteiger charge is -2.43. The summed E-state index contributed by atoms with van der Waals surface area (Å²) >= 11 is 0. The van der Waals surface area contributed by atoms with E-state index in [2.05, 4.69) is 10.6 Å². The SMILES string of the molecule is Cc1ccccc1C(C(=O)Nc1c(C)cccc1C)N(C(=O)C(C)NC(=O)OC(C)(C)C)C1CCC1. The van der Waals surface area contributed by atoms with Gasteiger partial charge in [0.1, 0.15) is 17.7 Å². The first-order valence-corrected chi connectivity index (χ1v) is 12.6. The predicted octanol–water partition coefficient (Wildman–Crippen LogP) is 5.59. The quantitative estimate of drug-likeness (QED) is 0.527. The molecule has 0 aliphatic heterocycles. The number of nitrogens with zero attached hydrogens (tertiary/aromatic N) is 1. The van der Waals surface area contributed by atoms with E-state index in [9.17, 15) is 14.4 Å². The largest absolute Gasteiger partial charge is 0.444 e. The lowest BCUT2D eigenvalue weighted by Crippen LogP contribution is -2.56. The summed E-state index contributed by atoms with van der Waals surface area (Å²) < 4.78 is 5.36. The Hall–Kier alpha value is -3.35. The van der Waals surface area contributed by atoms with Gasteiger partial charge in [0.25, 0.3) is 5.91 Å². The van der Waals surface area contributed by atoms with E-state index in [0.29, 0.717) is 0 Å². The molecule has 1 fully saturated rings. The zero-order valence-electron chi connectivity index (χ0n) is 22.5. The molecule has 0 aromatic heterocycles. The van der Waals surface area contributed by atoms with Crippen molar-refractivity contribution < 1.29 is 19.1 Å². The zero-order valence-corrected chi connectivity index (χ0v) is 22.5. The molecule has 0 saturated heterocycles. The van der Waals surface area contributed by atoms with Gasteiger partial charge >= 0.3 is 6.09 Å². The third-order valence-electron chi connectivity index (χ3n) is 6.57. The number of hydrogen-bond donors (Lipinski definition) is 2. The molecule has 2 atom stereocenters. The smallest absolute Gasteiger partial charge is 0.408 e. The number of alkyl carbamates (subject to hydrolysis) is 1. The minimum absolute atomic E-state index is 0.0892. The summed E-state index contributed by atoms with van der Waals surface area (Å²) in [5.74, 6) is -0.582. The number of carbonyl (C=O) groups excluding carboxylic acids is 3. The van der Waals surface area contributed by atoms with Crippen molar-refractivity contribution in [1.82, 2.24) is 10.2 Å². The summed E-state index contributed by atoms with van der Waals surface area (Å²) in [5, 5.41) is 5.77. The predicted molar refractivity (Wildman–Crippen MR) is 142 cm³/mol. The molecule has 0 heterocycles. The van der Waals surface area contributed by atoms with Gasteiger partial charge in [-0.25, -0.2) is 4.79 Å². The molecule has 3 rings (SSSR count). The number of para-hydroxylation sites is 1. The molecule has 1 aliphatic rings. The molecule has 7 heteroatoms. The van der Waals surface area contributed by atoms with Crippen LogP contribution >= 0.6 is 0 Å². The van der Waals surface area contributed by atoms with E-state index in [1.165, 1.54) is 0 Å². The molecule has 2 aromatic carbocycles. The summed E-state index contributed by atoms with van der Waals surface area (Å²) in [6.45, 7) is 12.8. The van der Waals surface area contributed by atoms with E-state index in [-0.39, 0.29) is 17.9 Å². The Morgan fingerprint density at radius 3 is 2.06 bits per heavy atom. The van der Waals surface area contributed by atoms with Crippen molar-refractivity contribution in [2.24, 2.45) is 0 Å². The Kier molecular flexibility index (Phi) is 8.43. The molecule has 2 aromatic rings. The third-order valence-corrected chi connectivity index (χ3v) is 6.57. The van der Waals surface area contributed by atoms with Crippen LogP contribution in [0.3, 0.4) is 0 Å². The van der Waals surface area contributed by atoms with Crippen molar-refractivity contribution in [3.63, 3.8) is 0 Å². The average molecular weight is 494 g/mol. The Labute approximate surface area is 214 Å². The van der Waals surface area contributed by atoms with Gasteiger partial charge in [0.2, 0.25) is 5.91 Å². The molecule has 2 unspecified atom stereocenters. The number of anilines is 1. The molecule has 1 aliphatic carbocycles. The topological polar surface area (TPSA) is 87.7 Å². The van der Waals surface area contributed by atoms with Gasteiger partial charge in [-0.3, -0.25) is 9.59 Å². The number of amides is 3. The number of nitrogens with one attached hydrogen (secondary N) is 2. The van der Waals surface area contributed by atoms with Gasteiger partial charge in [0.05, 0.1) is 0 Å². The number of ether oxygens (including phenoxy) is 1. The maximum absolute atomic E-state index is 14.0. The molecule has 0 spiro atoms. The minimum atomic E-state index is -0.861. The molecule has 0 radical (unpaired) electrons. The molecule has 2 N–H and O–H groups in total. The lowest BCUT2D eigenvalue weighted by atomic mass is 9.87. The summed E-state index contributed by atoms with van der Waals surface area (Å²) in [6, 6.07) is 11.7. The summed E-state index contributed by atoms with van der Waals surface area (Å²) in [6.07, 6.45) is 1.94. The molecule has 36 heavy (non-hydrogen) atoms. The number of aryl methyl sites for hydroxylation is 3. The van der Waals surface area contributed by atoms with Crippen LogP contribution in [0.4, 0.5) is 10.5 Å². The summed E-state index contributed by atoms with van der Waals surface area (Å²) in [7, 11) is 0. The van der Waals surface area contributed by atoms with Crippen LogP contribution in [0.5, 0.6) is 0 Å². The second kappa shape index (κ2) is 11.1. The first-order chi connectivity index (χ1) is 16.9. The van der Waals surface area contributed by atoms with Crippen LogP contribution in [-0.2, 0) is 14.3 Å². The van der Waals surface area contributed by atoms with Crippen molar-refractivity contribution in [2.75, 3.05) is 5.32 Å². The average Bonchev–Trinajstić information content (AvgIpc) is 2.74. The highest BCUT2D eigenvalue weighted by Crippen LogP contribution is 2.35. The van der Waals surface area contributed by atoms with Crippen molar-refractivity contribution in [1.29, 1.82) is 0 Å². The fourth-order valence-electron chi connectivity index (χ4n) is 4.47. The summed E-state index contributed by atoms with van der Waals surface area (Å²) in [4.78, 5) is 41.9. The van der Waals surface area contributed by atoms with Gasteiger partial charge in [0, 0.05) is 11.7 Å². The van der Waals surface area contributed by atoms with E-state index in [1.807, 2.05) is 63.2 Å². The van der Waals surface area contributed by atoms with Gasteiger partial charge in [-0.1, -0.05) is 42.5 Å². The highest BCUT2D eigenvalue weighted by molar-refractivity contribution is 6.00. The highest BCUT2D eigenvalue weighted by atomic mass is 16.6. The van der Waals surface area contributed by atoms with Gasteiger partial charge in [-0.05, 0) is 90.0 Å². The maximum atomic E-state index is 14.0. The second-order valence-corrected chi connectivity index (χ2v) is 10.7. The van der Waals surface area contributed by atoms with Gasteiger partial charge in [-0.2, -0.15) is 0 Å². The Balaban J connectivity index is 1.99. The second-order valence-electron chi connectivity index (χ2n) is 10.7. The van der Waals surface area contributed by atoms with Crippen molar-refractivity contribution >= 4 is 23.6 Å². The highest BCUT2D eigenvalue weighted by Gasteiger charge is 2.41. The van der Waals surface area contributed by atoms with E-state index in [0.717, 1.165) is 47.2 Å². The zero-order chi connectivity index (χ0) is 26.6. The molecule has 194 valence electrons. The van der Waals surface area contributed by atoms with E-state index < -0.39 is 23.8 Å². The molecular formula is C29H39N3O4. The number of hydrogen-bond acceptors (Lipinski definition) is 4. The standard InChI is InChI=1S/C29H39N3O4/c1-18-12-8-9-17-23(18)25(26(33)31-24-19(2)13-10-14-20(24)3)32(22-15-11-16-22)27(34)21(4)30-28(35)36-29(5,6)7/h8-10,12-14,17,21-22,25H,11,15-16H2,1-7H3,(H,30,35)(H,31,33). The number of benzene rings is 2. The van der Waals surface area contributed by atoms with Crippen molar-refractivity contribution in [3.8, 4) is 0 Å². The minimum Gasteiger partial charge on any atom is -0.444 e. The third kappa shape index (κ3) is 6.45. The van der Waals surface area contributed by atoms with Crippen LogP contribution < -0.4 is 10.6 Å². The van der Waals surface area contributed by atoms with Crippen LogP contribution in [0, 0.1) is 20.8 Å². The number of carbonyl (C=O) groups is 3. The number of rotatable bonds is 7. The molecule has 7 nitrogen and oxygen atoms in total. The molecule has 3 amide bonds. The van der Waals surface area contributed by atoms with Crippen LogP contribution in [0.2, 0.25) is 0 Å². The van der Waals surface area contributed by atoms with E-state index in [1.54, 1.807) is 32.6 Å². The molecule has 0 bridgehead atoms. The Morgan fingerprint density at radius 2 is 1.53 bits per heavy atom. The first-order valence-electron chi connectivity index (χ1n) is 12.6. The van der Waals surface area contributed by atoms with Crippen LogP contribution in [0.25, 0.3) is 0 Å². The van der Waals surface area contributed by atoms with Crippen molar-refractivity contribution in [3.05, 3.63) is 64.7 Å². The van der Waals surface area contributed by atoms with E-state index >= 15 is 0 Å². The molecular weight excluding hydrogens is 454 g/mol. The fourth-order valence-corrected chi connectivity index (χ4v) is 4.47. The van der Waals surface area contributed by atoms with Crippen LogP contribution in [0.15, 0.2) is 42.5 Å². The van der Waals surface area contributed by atoms with E-state index in [4.69, 9.17) is 4.74 Å². The Bertz CT molecular complexity index is 1100. The van der Waals surface area contributed by atoms with Crippen molar-refractivity contribution in [2.45, 2.75) is 91.5 Å². The summed E-state index contributed by atoms with van der Waals surface area (Å²) in [5.41, 5.74) is 3.66. The van der Waals surface area contributed by atoms with Crippen LogP contribution in [-0.4, -0.2) is 40.5 Å². The fraction of sp³-hybridized carbons (Fsp3) is 0.483. The van der Waals surface area contributed by atoms with Crippen LogP contribution in [0.1, 0.15) is 75.3 Å². The lowest BCUT2D eigenvalue weighted by molar-refractivity contribution is -0.145. The first kappa shape index (κ1) is 27.2. The monoisotopic (exact) mass is 493 g/mol. The van der Waals surface area contributed by atoms with Gasteiger partial charge in [0.15, 0.2) is 0 Å². The van der Waals surface area contributed by atoms with Gasteiger partial charge in [-0.15, -0.1) is 0 Å². The Morgan fingerprint density at radius 1 is 0.944 bits per heavy atom. The maximum Gasteiger partial charge on any atom is 0.408 e.